The van der Waals surface area contributed by atoms with Crippen LogP contribution in [0.5, 0.6) is 0 Å². The van der Waals surface area contributed by atoms with E-state index in [1.165, 1.54) is 18.2 Å². The summed E-state index contributed by atoms with van der Waals surface area (Å²) in [6, 6.07) is 12.7. The maximum atomic E-state index is 12.2. The number of rotatable bonds is 6. The van der Waals surface area contributed by atoms with Crippen LogP contribution < -0.4 is 20.7 Å². The number of carbonyl (C=O) groups excluding carboxylic acids is 2. The molecule has 0 saturated heterocycles. The third-order valence-corrected chi connectivity index (χ3v) is 4.41. The van der Waals surface area contributed by atoms with Gasteiger partial charge in [-0.05, 0) is 30.3 Å². The lowest BCUT2D eigenvalue weighted by Crippen LogP contribution is -2.33. The van der Waals surface area contributed by atoms with Gasteiger partial charge in [0.05, 0.1) is 22.8 Å². The Morgan fingerprint density at radius 3 is 2.31 bits per heavy atom. The van der Waals surface area contributed by atoms with Gasteiger partial charge in [-0.2, -0.15) is 0 Å². The zero-order valence-corrected chi connectivity index (χ0v) is 15.2. The van der Waals surface area contributed by atoms with Crippen LogP contribution >= 0.6 is 0 Å². The molecule has 2 aromatic carbocycles. The van der Waals surface area contributed by atoms with Crippen LogP contribution in [0.3, 0.4) is 0 Å². The van der Waals surface area contributed by atoms with Crippen LogP contribution in [-0.2, 0) is 14.8 Å². The second kappa shape index (κ2) is 7.98. The van der Waals surface area contributed by atoms with Crippen molar-refractivity contribution >= 4 is 33.2 Å². The molecule has 2 aromatic rings. The molecule has 8 nitrogen and oxygen atoms in total. The first-order valence-electron chi connectivity index (χ1n) is 7.66. The lowest BCUT2D eigenvalue weighted by Gasteiger charge is -2.19. The van der Waals surface area contributed by atoms with Gasteiger partial charge in [-0.25, -0.2) is 13.6 Å². The summed E-state index contributed by atoms with van der Waals surface area (Å²) in [5.41, 5.74) is 1.31. The van der Waals surface area contributed by atoms with Gasteiger partial charge in [-0.15, -0.1) is 0 Å². The number of anilines is 2. The van der Waals surface area contributed by atoms with E-state index in [0.717, 1.165) is 0 Å². The molecule has 0 aliphatic rings. The molecule has 0 saturated carbocycles. The number of benzene rings is 2. The van der Waals surface area contributed by atoms with Crippen molar-refractivity contribution in [1.29, 1.82) is 0 Å². The Kier molecular flexibility index (Phi) is 5.96. The number of hydrogen-bond donors (Lipinski definition) is 3. The van der Waals surface area contributed by atoms with Gasteiger partial charge in [-0.3, -0.25) is 9.59 Å². The molecule has 9 heteroatoms. The van der Waals surface area contributed by atoms with E-state index in [1.54, 1.807) is 49.3 Å². The Labute approximate surface area is 152 Å². The van der Waals surface area contributed by atoms with Crippen LogP contribution in [-0.4, -0.2) is 40.9 Å². The van der Waals surface area contributed by atoms with Gasteiger partial charge in [0.15, 0.2) is 0 Å². The monoisotopic (exact) mass is 376 g/mol. The van der Waals surface area contributed by atoms with E-state index in [2.05, 4.69) is 10.6 Å². The first-order chi connectivity index (χ1) is 12.2. The molecule has 0 atom stereocenters. The van der Waals surface area contributed by atoms with E-state index in [0.29, 0.717) is 11.3 Å². The molecule has 138 valence electrons. The summed E-state index contributed by atoms with van der Waals surface area (Å²) in [4.78, 5) is 25.7. The van der Waals surface area contributed by atoms with Gasteiger partial charge in [-0.1, -0.05) is 18.2 Å². The van der Waals surface area contributed by atoms with Crippen molar-refractivity contribution in [2.45, 2.75) is 4.90 Å². The molecule has 0 aromatic heterocycles. The molecule has 0 fully saturated rings. The number of carbonyl (C=O) groups is 2. The number of nitrogens with two attached hydrogens (primary N) is 1. The average Bonchev–Trinajstić information content (AvgIpc) is 2.59. The fraction of sp³-hybridized carbons (Fsp3) is 0.176. The molecule has 0 aliphatic carbocycles. The highest BCUT2D eigenvalue weighted by Gasteiger charge is 2.15. The van der Waals surface area contributed by atoms with Crippen LogP contribution in [0.15, 0.2) is 53.4 Å². The molecular weight excluding hydrogens is 356 g/mol. The van der Waals surface area contributed by atoms with Crippen molar-refractivity contribution in [3.8, 4) is 0 Å². The SMILES string of the molecule is CN(C)c1ccc(S(N)(=O)=O)cc1NC(=O)CNC(=O)c1ccccc1. The van der Waals surface area contributed by atoms with Crippen molar-refractivity contribution < 1.29 is 18.0 Å². The molecule has 2 amide bonds. The first-order valence-corrected chi connectivity index (χ1v) is 9.20. The second-order valence-electron chi connectivity index (χ2n) is 5.72. The Bertz CT molecular complexity index is 912. The fourth-order valence-electron chi connectivity index (χ4n) is 2.23. The van der Waals surface area contributed by atoms with Crippen LogP contribution in [0, 0.1) is 0 Å². The topological polar surface area (TPSA) is 122 Å². The minimum atomic E-state index is -3.90. The normalized spacial score (nSPS) is 10.9. The fourth-order valence-corrected chi connectivity index (χ4v) is 2.77. The number of nitrogens with zero attached hydrogens (tertiary/aromatic N) is 1. The van der Waals surface area contributed by atoms with Gasteiger partial charge in [0, 0.05) is 19.7 Å². The van der Waals surface area contributed by atoms with Gasteiger partial charge in [0.1, 0.15) is 0 Å². The van der Waals surface area contributed by atoms with Crippen LogP contribution in [0.2, 0.25) is 0 Å². The zero-order chi connectivity index (χ0) is 19.3. The summed E-state index contributed by atoms with van der Waals surface area (Å²) in [6.07, 6.45) is 0. The number of primary sulfonamides is 1. The minimum absolute atomic E-state index is 0.119. The van der Waals surface area contributed by atoms with E-state index in [1.807, 2.05) is 0 Å². The van der Waals surface area contributed by atoms with Crippen molar-refractivity contribution in [3.63, 3.8) is 0 Å². The Morgan fingerprint density at radius 1 is 1.08 bits per heavy atom. The molecule has 0 heterocycles. The minimum Gasteiger partial charge on any atom is -0.376 e. The lowest BCUT2D eigenvalue weighted by molar-refractivity contribution is -0.115. The van der Waals surface area contributed by atoms with Crippen molar-refractivity contribution in [2.24, 2.45) is 5.14 Å². The highest BCUT2D eigenvalue weighted by atomic mass is 32.2. The average molecular weight is 376 g/mol. The Balaban J connectivity index is 2.11. The third-order valence-electron chi connectivity index (χ3n) is 3.50. The van der Waals surface area contributed by atoms with Crippen LogP contribution in [0.1, 0.15) is 10.4 Å². The predicted molar refractivity (Wildman–Crippen MR) is 99.5 cm³/mol. The Morgan fingerprint density at radius 2 is 1.73 bits per heavy atom. The number of nitrogens with one attached hydrogen (secondary N) is 2. The molecule has 0 aliphatic heterocycles. The van der Waals surface area contributed by atoms with Crippen molar-refractivity contribution in [1.82, 2.24) is 5.32 Å². The lowest BCUT2D eigenvalue weighted by atomic mass is 10.2. The van der Waals surface area contributed by atoms with Gasteiger partial charge in [0.25, 0.3) is 5.91 Å². The van der Waals surface area contributed by atoms with E-state index in [4.69, 9.17) is 5.14 Å². The van der Waals surface area contributed by atoms with E-state index < -0.39 is 15.9 Å². The van der Waals surface area contributed by atoms with Crippen molar-refractivity contribution in [3.05, 3.63) is 54.1 Å². The van der Waals surface area contributed by atoms with Crippen LogP contribution in [0.25, 0.3) is 0 Å². The molecule has 0 unspecified atom stereocenters. The summed E-state index contributed by atoms with van der Waals surface area (Å²) in [7, 11) is -0.407. The van der Waals surface area contributed by atoms with E-state index in [-0.39, 0.29) is 23.0 Å². The zero-order valence-electron chi connectivity index (χ0n) is 14.4. The molecule has 4 N–H and O–H groups in total. The highest BCUT2D eigenvalue weighted by Crippen LogP contribution is 2.27. The Hall–Kier alpha value is -2.91. The summed E-state index contributed by atoms with van der Waals surface area (Å²) in [5, 5.41) is 10.2. The largest absolute Gasteiger partial charge is 0.376 e. The van der Waals surface area contributed by atoms with Gasteiger partial charge >= 0.3 is 0 Å². The van der Waals surface area contributed by atoms with E-state index >= 15 is 0 Å². The quantitative estimate of drug-likeness (QED) is 0.687. The summed E-state index contributed by atoms with van der Waals surface area (Å²) in [6.45, 7) is -0.264. The predicted octanol–water partition coefficient (Wildman–Crippen LogP) is 0.769. The molecule has 26 heavy (non-hydrogen) atoms. The molecular formula is C17H20N4O4S. The summed E-state index contributed by atoms with van der Waals surface area (Å²) >= 11 is 0. The number of hydrogen-bond acceptors (Lipinski definition) is 5. The first kappa shape index (κ1) is 19.4. The number of amides is 2. The molecule has 0 bridgehead atoms. The molecule has 2 rings (SSSR count). The molecule has 0 radical (unpaired) electrons. The smallest absolute Gasteiger partial charge is 0.251 e. The highest BCUT2D eigenvalue weighted by molar-refractivity contribution is 7.89. The van der Waals surface area contributed by atoms with Gasteiger partial charge < -0.3 is 15.5 Å². The standard InChI is InChI=1S/C17H20N4O4S/c1-21(2)15-9-8-13(26(18,24)25)10-14(15)20-16(22)11-19-17(23)12-6-4-3-5-7-12/h3-10H,11H2,1-2H3,(H,19,23)(H,20,22)(H2,18,24,25). The maximum absolute atomic E-state index is 12.2. The molecule has 0 spiro atoms. The van der Waals surface area contributed by atoms with Crippen molar-refractivity contribution in [2.75, 3.05) is 30.9 Å². The van der Waals surface area contributed by atoms with E-state index in [9.17, 15) is 18.0 Å². The summed E-state index contributed by atoms with van der Waals surface area (Å²) < 4.78 is 23.0. The second-order valence-corrected chi connectivity index (χ2v) is 7.28. The van der Waals surface area contributed by atoms with Crippen LogP contribution in [0.4, 0.5) is 11.4 Å². The summed E-state index contributed by atoms with van der Waals surface area (Å²) in [5.74, 6) is -0.879. The third kappa shape index (κ3) is 5.04. The maximum Gasteiger partial charge on any atom is 0.251 e. The van der Waals surface area contributed by atoms with Gasteiger partial charge in [0.2, 0.25) is 15.9 Å². The number of sulfonamides is 1.